The monoisotopic (exact) mass is 328 g/mol. The molecule has 0 radical (unpaired) electrons. The molecule has 7 heteroatoms. The Hall–Kier alpha value is -1.44. The predicted molar refractivity (Wildman–Crippen MR) is 77.5 cm³/mol. The summed E-state index contributed by atoms with van der Waals surface area (Å²) in [5.74, 6) is 0. The zero-order valence-corrected chi connectivity index (χ0v) is 12.5. The highest BCUT2D eigenvalue weighted by Gasteiger charge is 2.34. The topological polar surface area (TPSA) is 25.4 Å². The van der Waals surface area contributed by atoms with E-state index in [1.54, 1.807) is 12.3 Å². The average Bonchev–Trinajstić information content (AvgIpc) is 3.01. The van der Waals surface area contributed by atoms with Crippen LogP contribution in [0.2, 0.25) is 0 Å². The Morgan fingerprint density at radius 2 is 2.14 bits per heavy atom. The summed E-state index contributed by atoms with van der Waals surface area (Å²) in [6.45, 7) is 1.94. The van der Waals surface area contributed by atoms with Crippen LogP contribution in [-0.2, 0) is 17.5 Å². The molecule has 0 bridgehead atoms. The van der Waals surface area contributed by atoms with Gasteiger partial charge in [-0.1, -0.05) is 18.2 Å². The first-order chi connectivity index (χ1) is 10.5. The number of halogens is 3. The third-order valence-electron chi connectivity index (χ3n) is 3.59. The Morgan fingerprint density at radius 3 is 2.86 bits per heavy atom. The van der Waals surface area contributed by atoms with Crippen LogP contribution in [0.1, 0.15) is 22.2 Å². The van der Waals surface area contributed by atoms with Gasteiger partial charge < -0.3 is 4.74 Å². The summed E-state index contributed by atoms with van der Waals surface area (Å²) in [6, 6.07) is 5.73. The van der Waals surface area contributed by atoms with E-state index in [-0.39, 0.29) is 12.6 Å². The fourth-order valence-corrected chi connectivity index (χ4v) is 3.24. The van der Waals surface area contributed by atoms with Gasteiger partial charge >= 0.3 is 6.18 Å². The zero-order valence-electron chi connectivity index (χ0n) is 11.7. The second kappa shape index (κ2) is 6.36. The molecule has 0 aliphatic carbocycles. The van der Waals surface area contributed by atoms with E-state index in [1.807, 2.05) is 10.3 Å². The summed E-state index contributed by atoms with van der Waals surface area (Å²) in [6.07, 6.45) is -2.77. The largest absolute Gasteiger partial charge is 0.416 e. The Bertz CT molecular complexity index is 616. The van der Waals surface area contributed by atoms with Crippen LogP contribution in [0.25, 0.3) is 0 Å². The number of morpholine rings is 1. The minimum absolute atomic E-state index is 0.160. The Morgan fingerprint density at radius 1 is 1.32 bits per heavy atom. The van der Waals surface area contributed by atoms with Crippen LogP contribution in [-0.4, -0.2) is 29.6 Å². The molecule has 1 fully saturated rings. The molecule has 0 N–H and O–H groups in total. The van der Waals surface area contributed by atoms with Crippen LogP contribution >= 0.6 is 11.3 Å². The van der Waals surface area contributed by atoms with Gasteiger partial charge in [0.1, 0.15) is 11.1 Å². The van der Waals surface area contributed by atoms with E-state index in [0.29, 0.717) is 25.3 Å². The van der Waals surface area contributed by atoms with E-state index in [4.69, 9.17) is 4.74 Å². The maximum atomic E-state index is 13.1. The van der Waals surface area contributed by atoms with Gasteiger partial charge in [-0.25, -0.2) is 4.98 Å². The summed E-state index contributed by atoms with van der Waals surface area (Å²) in [5, 5.41) is 2.74. The van der Waals surface area contributed by atoms with Gasteiger partial charge in [0.25, 0.3) is 0 Å². The van der Waals surface area contributed by atoms with Gasteiger partial charge in [0.2, 0.25) is 0 Å². The van der Waals surface area contributed by atoms with Crippen LogP contribution in [0, 0.1) is 0 Å². The number of alkyl halides is 3. The van der Waals surface area contributed by atoms with Crippen molar-refractivity contribution < 1.29 is 17.9 Å². The van der Waals surface area contributed by atoms with Crippen LogP contribution in [0.3, 0.4) is 0 Å². The molecular weight excluding hydrogens is 313 g/mol. The van der Waals surface area contributed by atoms with Crippen molar-refractivity contribution in [2.24, 2.45) is 0 Å². The van der Waals surface area contributed by atoms with E-state index in [1.165, 1.54) is 23.5 Å². The third kappa shape index (κ3) is 3.48. The van der Waals surface area contributed by atoms with Crippen LogP contribution in [0.15, 0.2) is 35.8 Å². The molecule has 1 saturated heterocycles. The maximum absolute atomic E-state index is 13.1. The lowest BCUT2D eigenvalue weighted by molar-refractivity contribution is -0.138. The number of thiazole rings is 1. The van der Waals surface area contributed by atoms with E-state index in [9.17, 15) is 13.2 Å². The summed E-state index contributed by atoms with van der Waals surface area (Å²) < 4.78 is 44.8. The van der Waals surface area contributed by atoms with E-state index in [0.717, 1.165) is 11.1 Å². The van der Waals surface area contributed by atoms with Gasteiger partial charge in [0, 0.05) is 31.2 Å². The average molecular weight is 328 g/mol. The van der Waals surface area contributed by atoms with E-state index >= 15 is 0 Å². The van der Waals surface area contributed by atoms with Crippen molar-refractivity contribution in [2.75, 3.05) is 19.7 Å². The molecule has 1 aromatic heterocycles. The quantitative estimate of drug-likeness (QED) is 0.858. The second-order valence-electron chi connectivity index (χ2n) is 5.12. The van der Waals surface area contributed by atoms with Gasteiger partial charge in [-0.3, -0.25) is 4.90 Å². The SMILES string of the molecule is FC(F)(F)c1ccccc1CN1CCO[C@@H](c2nccs2)C1. The third-order valence-corrected chi connectivity index (χ3v) is 4.46. The van der Waals surface area contributed by atoms with Gasteiger partial charge in [-0.2, -0.15) is 13.2 Å². The lowest BCUT2D eigenvalue weighted by Crippen LogP contribution is -2.38. The molecule has 0 spiro atoms. The van der Waals surface area contributed by atoms with Crippen molar-refractivity contribution in [1.29, 1.82) is 0 Å². The molecule has 3 rings (SSSR count). The van der Waals surface area contributed by atoms with Crippen molar-refractivity contribution in [3.05, 3.63) is 52.0 Å². The lowest BCUT2D eigenvalue weighted by Gasteiger charge is -2.32. The van der Waals surface area contributed by atoms with Crippen molar-refractivity contribution in [3.63, 3.8) is 0 Å². The van der Waals surface area contributed by atoms with E-state index in [2.05, 4.69) is 4.98 Å². The molecule has 0 saturated carbocycles. The Balaban J connectivity index is 1.74. The minimum Gasteiger partial charge on any atom is -0.368 e. The number of nitrogens with zero attached hydrogens (tertiary/aromatic N) is 2. The number of hydrogen-bond acceptors (Lipinski definition) is 4. The Labute approximate surface area is 130 Å². The number of ether oxygens (including phenoxy) is 1. The standard InChI is InChI=1S/C15H15F3N2OS/c16-15(17,18)12-4-2-1-3-11(12)9-20-6-7-21-13(10-20)14-19-5-8-22-14/h1-5,8,13H,6-7,9-10H2/t13-/m1/s1. The summed E-state index contributed by atoms with van der Waals surface area (Å²) in [4.78, 5) is 6.21. The van der Waals surface area contributed by atoms with Crippen molar-refractivity contribution >= 4 is 11.3 Å². The first kappa shape index (κ1) is 15.5. The van der Waals surface area contributed by atoms with Crippen LogP contribution in [0.5, 0.6) is 0 Å². The highest BCUT2D eigenvalue weighted by molar-refractivity contribution is 7.09. The first-order valence-electron chi connectivity index (χ1n) is 6.92. The molecule has 0 amide bonds. The molecule has 1 atom stereocenters. The summed E-state index contributed by atoms with van der Waals surface area (Å²) in [5.41, 5.74) is -0.262. The van der Waals surface area contributed by atoms with E-state index < -0.39 is 11.7 Å². The lowest BCUT2D eigenvalue weighted by atomic mass is 10.1. The number of hydrogen-bond donors (Lipinski definition) is 0. The minimum atomic E-state index is -4.32. The summed E-state index contributed by atoms with van der Waals surface area (Å²) in [7, 11) is 0. The number of aromatic nitrogens is 1. The van der Waals surface area contributed by atoms with Crippen LogP contribution < -0.4 is 0 Å². The fourth-order valence-electron chi connectivity index (χ4n) is 2.56. The van der Waals surface area contributed by atoms with Crippen molar-refractivity contribution in [2.45, 2.75) is 18.8 Å². The highest BCUT2D eigenvalue weighted by Crippen LogP contribution is 2.33. The molecule has 22 heavy (non-hydrogen) atoms. The van der Waals surface area contributed by atoms with Crippen LogP contribution in [0.4, 0.5) is 13.2 Å². The molecule has 118 valence electrons. The molecule has 1 aromatic carbocycles. The first-order valence-corrected chi connectivity index (χ1v) is 7.80. The van der Waals surface area contributed by atoms with Gasteiger partial charge in [0.15, 0.2) is 0 Å². The smallest absolute Gasteiger partial charge is 0.368 e. The van der Waals surface area contributed by atoms with Crippen molar-refractivity contribution in [3.8, 4) is 0 Å². The molecule has 1 aliphatic heterocycles. The molecule has 2 heterocycles. The highest BCUT2D eigenvalue weighted by atomic mass is 32.1. The Kier molecular flexibility index (Phi) is 4.46. The molecule has 1 aliphatic rings. The molecule has 0 unspecified atom stereocenters. The van der Waals surface area contributed by atoms with Gasteiger partial charge in [0.05, 0.1) is 12.2 Å². The number of rotatable bonds is 3. The van der Waals surface area contributed by atoms with Gasteiger partial charge in [-0.05, 0) is 11.6 Å². The summed E-state index contributed by atoms with van der Waals surface area (Å²) >= 11 is 1.50. The second-order valence-corrected chi connectivity index (χ2v) is 6.05. The normalized spacial score (nSPS) is 20.2. The van der Waals surface area contributed by atoms with Gasteiger partial charge in [-0.15, -0.1) is 11.3 Å². The molecule has 3 nitrogen and oxygen atoms in total. The van der Waals surface area contributed by atoms with Crippen molar-refractivity contribution in [1.82, 2.24) is 9.88 Å². The fraction of sp³-hybridized carbons (Fsp3) is 0.400. The predicted octanol–water partition coefficient (Wildman–Crippen LogP) is 3.74. The maximum Gasteiger partial charge on any atom is 0.416 e. The molecular formula is C15H15F3N2OS. The zero-order chi connectivity index (χ0) is 15.6. The number of benzene rings is 1. The molecule has 2 aromatic rings.